The van der Waals surface area contributed by atoms with Gasteiger partial charge >= 0.3 is 5.97 Å². The van der Waals surface area contributed by atoms with Crippen LogP contribution in [0.15, 0.2) is 70.2 Å². The number of rotatable bonds is 5. The van der Waals surface area contributed by atoms with E-state index in [2.05, 4.69) is 10.5 Å². The van der Waals surface area contributed by atoms with Gasteiger partial charge in [0.15, 0.2) is 0 Å². The molecule has 2 aromatic carbocycles. The number of hydrazone groups is 1. The first-order valence-corrected chi connectivity index (χ1v) is 7.94. The van der Waals surface area contributed by atoms with E-state index in [0.717, 1.165) is 0 Å². The fourth-order valence-electron chi connectivity index (χ4n) is 2.23. The number of hydrogen-bond donors (Lipinski definition) is 2. The average Bonchev–Trinajstić information content (AvgIpc) is 3.11. The summed E-state index contributed by atoms with van der Waals surface area (Å²) in [5.74, 6) is -0.591. The van der Waals surface area contributed by atoms with E-state index < -0.39 is 5.97 Å². The van der Waals surface area contributed by atoms with Crippen LogP contribution >= 0.6 is 11.6 Å². The molecule has 1 amide bonds. The van der Waals surface area contributed by atoms with Crippen LogP contribution in [0.1, 0.15) is 26.5 Å². The molecule has 6 nitrogen and oxygen atoms in total. The lowest BCUT2D eigenvalue weighted by molar-refractivity contribution is 0.0697. The van der Waals surface area contributed by atoms with E-state index in [1.165, 1.54) is 18.3 Å². The summed E-state index contributed by atoms with van der Waals surface area (Å²) in [6, 6.07) is 16.6. The fourth-order valence-corrected chi connectivity index (χ4v) is 2.43. The second kappa shape index (κ2) is 7.67. The van der Waals surface area contributed by atoms with Gasteiger partial charge in [-0.1, -0.05) is 29.8 Å². The van der Waals surface area contributed by atoms with Crippen LogP contribution in [0.3, 0.4) is 0 Å². The van der Waals surface area contributed by atoms with Crippen LogP contribution in [-0.2, 0) is 0 Å². The van der Waals surface area contributed by atoms with E-state index in [0.29, 0.717) is 22.6 Å². The Hall–Kier alpha value is -3.38. The van der Waals surface area contributed by atoms with Crippen molar-refractivity contribution in [3.05, 3.63) is 82.6 Å². The third-order valence-corrected chi connectivity index (χ3v) is 3.83. The van der Waals surface area contributed by atoms with Crippen LogP contribution in [0.4, 0.5) is 0 Å². The Morgan fingerprint density at radius 2 is 1.85 bits per heavy atom. The Morgan fingerprint density at radius 3 is 2.58 bits per heavy atom. The van der Waals surface area contributed by atoms with Gasteiger partial charge in [0.2, 0.25) is 0 Å². The maximum absolute atomic E-state index is 11.9. The van der Waals surface area contributed by atoms with Gasteiger partial charge in [-0.05, 0) is 42.5 Å². The lowest BCUT2D eigenvalue weighted by Gasteiger charge is -2.02. The van der Waals surface area contributed by atoms with Crippen LogP contribution in [0.5, 0.6) is 0 Å². The highest BCUT2D eigenvalue weighted by Gasteiger charge is 2.12. The molecule has 0 bridgehead atoms. The van der Waals surface area contributed by atoms with Gasteiger partial charge in [-0.25, -0.2) is 10.2 Å². The predicted molar refractivity (Wildman–Crippen MR) is 97.6 cm³/mol. The quantitative estimate of drug-likeness (QED) is 0.524. The molecule has 1 heterocycles. The number of carbonyl (C=O) groups excluding carboxylic acids is 1. The van der Waals surface area contributed by atoms with Crippen molar-refractivity contribution in [2.45, 2.75) is 0 Å². The first-order chi connectivity index (χ1) is 12.5. The van der Waals surface area contributed by atoms with E-state index in [1.807, 2.05) is 6.07 Å². The second-order valence-electron chi connectivity index (χ2n) is 5.27. The normalized spacial score (nSPS) is 10.8. The highest BCUT2D eigenvalue weighted by atomic mass is 35.5. The molecule has 130 valence electrons. The number of aromatic carboxylic acids is 1. The first-order valence-electron chi connectivity index (χ1n) is 7.56. The molecule has 0 aliphatic carbocycles. The number of hydrogen-bond acceptors (Lipinski definition) is 4. The minimum atomic E-state index is -1.12. The minimum Gasteiger partial charge on any atom is -0.478 e. The van der Waals surface area contributed by atoms with E-state index >= 15 is 0 Å². The Kier molecular flexibility index (Phi) is 5.15. The van der Waals surface area contributed by atoms with Crippen molar-refractivity contribution >= 4 is 29.7 Å². The number of carboxylic acids is 1. The summed E-state index contributed by atoms with van der Waals surface area (Å²) in [6.07, 6.45) is 1.36. The number of amides is 1. The van der Waals surface area contributed by atoms with Gasteiger partial charge in [-0.3, -0.25) is 4.79 Å². The van der Waals surface area contributed by atoms with Gasteiger partial charge in [0.1, 0.15) is 11.5 Å². The van der Waals surface area contributed by atoms with Crippen LogP contribution in [-0.4, -0.2) is 23.2 Å². The standard InChI is InChI=1S/C19H13ClN2O4/c20-16-8-6-13(10-15(16)19(24)25)17-9-7-14(26-17)11-21-22-18(23)12-4-2-1-3-5-12/h1-11H,(H,22,23)(H,24,25)/b21-11+. The number of benzene rings is 2. The van der Waals surface area contributed by atoms with Crippen molar-refractivity contribution in [1.29, 1.82) is 0 Å². The molecule has 7 heteroatoms. The van der Waals surface area contributed by atoms with Crippen molar-refractivity contribution in [2.24, 2.45) is 5.10 Å². The minimum absolute atomic E-state index is 0.00842. The Balaban J connectivity index is 1.71. The van der Waals surface area contributed by atoms with Gasteiger partial charge in [0, 0.05) is 11.1 Å². The molecule has 0 unspecified atom stereocenters. The molecule has 26 heavy (non-hydrogen) atoms. The summed E-state index contributed by atoms with van der Waals surface area (Å²) >= 11 is 5.86. The van der Waals surface area contributed by atoms with E-state index in [9.17, 15) is 9.59 Å². The highest BCUT2D eigenvalue weighted by Crippen LogP contribution is 2.26. The molecule has 0 saturated carbocycles. The van der Waals surface area contributed by atoms with E-state index in [1.54, 1.807) is 42.5 Å². The smallest absolute Gasteiger partial charge is 0.337 e. The molecule has 0 aliphatic heterocycles. The molecular formula is C19H13ClN2O4. The number of furan rings is 1. The maximum Gasteiger partial charge on any atom is 0.337 e. The van der Waals surface area contributed by atoms with Crippen molar-refractivity contribution in [1.82, 2.24) is 5.43 Å². The first kappa shape index (κ1) is 17.4. The van der Waals surface area contributed by atoms with Gasteiger partial charge in [-0.15, -0.1) is 0 Å². The molecule has 0 saturated heterocycles. The van der Waals surface area contributed by atoms with Gasteiger partial charge in [0.05, 0.1) is 16.8 Å². The van der Waals surface area contributed by atoms with Crippen molar-refractivity contribution in [3.63, 3.8) is 0 Å². The molecule has 0 fully saturated rings. The van der Waals surface area contributed by atoms with Gasteiger partial charge in [-0.2, -0.15) is 5.10 Å². The number of halogens is 1. The molecule has 0 atom stereocenters. The second-order valence-corrected chi connectivity index (χ2v) is 5.67. The fraction of sp³-hybridized carbons (Fsp3) is 0. The summed E-state index contributed by atoms with van der Waals surface area (Å²) in [5.41, 5.74) is 3.46. The highest BCUT2D eigenvalue weighted by molar-refractivity contribution is 6.33. The summed E-state index contributed by atoms with van der Waals surface area (Å²) in [7, 11) is 0. The maximum atomic E-state index is 11.9. The lowest BCUT2D eigenvalue weighted by atomic mass is 10.1. The van der Waals surface area contributed by atoms with Crippen molar-refractivity contribution in [2.75, 3.05) is 0 Å². The number of nitrogens with zero attached hydrogens (tertiary/aromatic N) is 1. The Morgan fingerprint density at radius 1 is 1.08 bits per heavy atom. The Labute approximate surface area is 153 Å². The zero-order valence-electron chi connectivity index (χ0n) is 13.3. The molecule has 3 rings (SSSR count). The topological polar surface area (TPSA) is 91.9 Å². The zero-order valence-corrected chi connectivity index (χ0v) is 14.1. The summed E-state index contributed by atoms with van der Waals surface area (Å²) in [6.45, 7) is 0. The number of carbonyl (C=O) groups is 2. The van der Waals surface area contributed by atoms with Gasteiger partial charge < -0.3 is 9.52 Å². The molecule has 3 aromatic rings. The van der Waals surface area contributed by atoms with E-state index in [-0.39, 0.29) is 16.5 Å². The van der Waals surface area contributed by atoms with Crippen molar-refractivity contribution < 1.29 is 19.1 Å². The summed E-state index contributed by atoms with van der Waals surface area (Å²) < 4.78 is 5.60. The SMILES string of the molecule is O=C(N/N=C/c1ccc(-c2ccc(Cl)c(C(=O)O)c2)o1)c1ccccc1. The summed E-state index contributed by atoms with van der Waals surface area (Å²) in [4.78, 5) is 23.0. The largest absolute Gasteiger partial charge is 0.478 e. The third-order valence-electron chi connectivity index (χ3n) is 3.50. The Bertz CT molecular complexity index is 980. The lowest BCUT2D eigenvalue weighted by Crippen LogP contribution is -2.17. The zero-order chi connectivity index (χ0) is 18.5. The number of carboxylic acid groups (broad SMARTS) is 1. The van der Waals surface area contributed by atoms with E-state index in [4.69, 9.17) is 21.1 Å². The molecule has 2 N–H and O–H groups in total. The van der Waals surface area contributed by atoms with Crippen LogP contribution in [0, 0.1) is 0 Å². The third kappa shape index (κ3) is 3.99. The predicted octanol–water partition coefficient (Wildman–Crippen LogP) is 4.06. The number of nitrogens with one attached hydrogen (secondary N) is 1. The molecule has 1 aromatic heterocycles. The van der Waals surface area contributed by atoms with Crippen LogP contribution in [0.25, 0.3) is 11.3 Å². The average molecular weight is 369 g/mol. The molecule has 0 radical (unpaired) electrons. The molecule has 0 spiro atoms. The molecular weight excluding hydrogens is 356 g/mol. The van der Waals surface area contributed by atoms with Gasteiger partial charge in [0.25, 0.3) is 5.91 Å². The summed E-state index contributed by atoms with van der Waals surface area (Å²) in [5, 5.41) is 13.1. The van der Waals surface area contributed by atoms with Crippen LogP contribution in [0.2, 0.25) is 5.02 Å². The van der Waals surface area contributed by atoms with Crippen LogP contribution < -0.4 is 5.43 Å². The monoisotopic (exact) mass is 368 g/mol. The van der Waals surface area contributed by atoms with Crippen molar-refractivity contribution in [3.8, 4) is 11.3 Å². The molecule has 0 aliphatic rings.